The Hall–Kier alpha value is -2.81. The van der Waals surface area contributed by atoms with E-state index in [9.17, 15) is 8.78 Å². The van der Waals surface area contributed by atoms with Gasteiger partial charge in [-0.2, -0.15) is 13.9 Å². The monoisotopic (exact) mass is 388 g/mol. The molecule has 0 atom stereocenters. The van der Waals surface area contributed by atoms with E-state index in [0.29, 0.717) is 0 Å². The molecule has 1 saturated heterocycles. The topological polar surface area (TPSA) is 59.3 Å². The summed E-state index contributed by atoms with van der Waals surface area (Å²) in [7, 11) is 1.88. The Labute approximate surface area is 161 Å². The number of aryl methyl sites for hydroxylation is 2. The molecule has 7 nitrogen and oxygen atoms in total. The number of hydrogen-bond acceptors (Lipinski definition) is 6. The molecule has 3 heterocycles. The van der Waals surface area contributed by atoms with Crippen LogP contribution in [0.3, 0.4) is 0 Å². The zero-order valence-electron chi connectivity index (χ0n) is 15.8. The molecule has 1 aliphatic heterocycles. The van der Waals surface area contributed by atoms with Crippen molar-refractivity contribution in [2.45, 2.75) is 20.1 Å². The van der Waals surface area contributed by atoms with Gasteiger partial charge in [0.25, 0.3) is 0 Å². The van der Waals surface area contributed by atoms with Crippen molar-refractivity contribution in [2.24, 2.45) is 7.05 Å². The van der Waals surface area contributed by atoms with Crippen molar-refractivity contribution in [2.75, 3.05) is 31.1 Å². The maximum atomic E-state index is 12.2. The van der Waals surface area contributed by atoms with Crippen LogP contribution in [0.25, 0.3) is 11.0 Å². The molecule has 0 spiro atoms. The highest BCUT2D eigenvalue weighted by molar-refractivity contribution is 5.87. The molecule has 4 rings (SSSR count). The lowest BCUT2D eigenvalue weighted by Crippen LogP contribution is -2.46. The van der Waals surface area contributed by atoms with Crippen molar-refractivity contribution in [3.63, 3.8) is 0 Å². The Morgan fingerprint density at radius 1 is 1.07 bits per heavy atom. The fourth-order valence-electron chi connectivity index (χ4n) is 3.51. The number of halogens is 2. The van der Waals surface area contributed by atoms with Crippen molar-refractivity contribution in [3.8, 4) is 5.75 Å². The fraction of sp³-hybridized carbons (Fsp3) is 0.421. The summed E-state index contributed by atoms with van der Waals surface area (Å²) in [5, 5.41) is 5.28. The lowest BCUT2D eigenvalue weighted by atomic mass is 10.2. The highest BCUT2D eigenvalue weighted by Crippen LogP contribution is 2.25. The molecule has 0 aliphatic carbocycles. The third kappa shape index (κ3) is 3.89. The average Bonchev–Trinajstić information content (AvgIpc) is 3.04. The number of aromatic nitrogens is 4. The maximum absolute atomic E-state index is 12.2. The zero-order chi connectivity index (χ0) is 19.7. The summed E-state index contributed by atoms with van der Waals surface area (Å²) in [6, 6.07) is 6.83. The van der Waals surface area contributed by atoms with Gasteiger partial charge in [0, 0.05) is 39.8 Å². The van der Waals surface area contributed by atoms with Crippen LogP contribution in [0.5, 0.6) is 5.75 Å². The van der Waals surface area contributed by atoms with Crippen LogP contribution in [0.4, 0.5) is 14.6 Å². The Morgan fingerprint density at radius 2 is 1.79 bits per heavy atom. The van der Waals surface area contributed by atoms with E-state index in [1.165, 1.54) is 0 Å². The molecule has 3 aromatic rings. The molecule has 9 heteroatoms. The Kier molecular flexibility index (Phi) is 5.08. The largest absolute Gasteiger partial charge is 0.435 e. The van der Waals surface area contributed by atoms with Gasteiger partial charge in [-0.1, -0.05) is 12.1 Å². The van der Waals surface area contributed by atoms with Crippen LogP contribution in [0.15, 0.2) is 30.5 Å². The van der Waals surface area contributed by atoms with Crippen LogP contribution >= 0.6 is 0 Å². The van der Waals surface area contributed by atoms with E-state index >= 15 is 0 Å². The minimum atomic E-state index is -2.80. The van der Waals surface area contributed by atoms with E-state index in [2.05, 4.69) is 29.6 Å². The summed E-state index contributed by atoms with van der Waals surface area (Å²) < 4.78 is 30.7. The predicted octanol–water partition coefficient (Wildman–Crippen LogP) is 2.60. The number of hydrogen-bond donors (Lipinski definition) is 0. The van der Waals surface area contributed by atoms with E-state index < -0.39 is 6.61 Å². The van der Waals surface area contributed by atoms with Crippen molar-refractivity contribution in [1.29, 1.82) is 0 Å². The minimum absolute atomic E-state index is 0.184. The molecule has 0 N–H and O–H groups in total. The molecule has 148 valence electrons. The second kappa shape index (κ2) is 7.67. The molecule has 1 aromatic carbocycles. The molecule has 0 radical (unpaired) electrons. The predicted molar refractivity (Wildman–Crippen MR) is 102 cm³/mol. The molecule has 1 aliphatic rings. The summed E-state index contributed by atoms with van der Waals surface area (Å²) in [6.45, 7) is 3.36. The molecule has 1 fully saturated rings. The van der Waals surface area contributed by atoms with Crippen LogP contribution in [0.2, 0.25) is 0 Å². The van der Waals surface area contributed by atoms with Crippen LogP contribution in [-0.2, 0) is 13.6 Å². The van der Waals surface area contributed by atoms with Gasteiger partial charge in [0.05, 0.1) is 11.6 Å². The summed E-state index contributed by atoms with van der Waals surface area (Å²) >= 11 is 0. The van der Waals surface area contributed by atoms with Gasteiger partial charge in [0.1, 0.15) is 17.4 Å². The molecular formula is C19H22F2N6O. The summed E-state index contributed by atoms with van der Waals surface area (Å²) in [4.78, 5) is 13.7. The van der Waals surface area contributed by atoms with E-state index in [1.807, 2.05) is 32.3 Å². The SMILES string of the molecule is Cc1nc(N2CCN(Cc3ccc(OC(F)F)cc3)CC2)c2cnn(C)c2n1. The number of ether oxygens (including phenoxy) is 1. The van der Waals surface area contributed by atoms with Crippen LogP contribution in [0, 0.1) is 6.92 Å². The smallest absolute Gasteiger partial charge is 0.387 e. The summed E-state index contributed by atoms with van der Waals surface area (Å²) in [5.74, 6) is 1.85. The first kappa shape index (κ1) is 18.5. The molecule has 0 bridgehead atoms. The van der Waals surface area contributed by atoms with Gasteiger partial charge in [0.15, 0.2) is 5.65 Å². The number of anilines is 1. The number of nitrogens with zero attached hydrogens (tertiary/aromatic N) is 6. The summed E-state index contributed by atoms with van der Waals surface area (Å²) in [6.07, 6.45) is 1.82. The fourth-order valence-corrected chi connectivity index (χ4v) is 3.51. The molecule has 0 amide bonds. The molecule has 28 heavy (non-hydrogen) atoms. The summed E-state index contributed by atoms with van der Waals surface area (Å²) in [5.41, 5.74) is 1.92. The van der Waals surface area contributed by atoms with Crippen molar-refractivity contribution >= 4 is 16.9 Å². The average molecular weight is 388 g/mol. The molecule has 0 saturated carbocycles. The molecular weight excluding hydrogens is 366 g/mol. The van der Waals surface area contributed by atoms with Crippen molar-refractivity contribution in [1.82, 2.24) is 24.6 Å². The highest BCUT2D eigenvalue weighted by Gasteiger charge is 2.21. The van der Waals surface area contributed by atoms with Gasteiger partial charge in [0.2, 0.25) is 0 Å². The number of fused-ring (bicyclic) bond motifs is 1. The highest BCUT2D eigenvalue weighted by atomic mass is 19.3. The van der Waals surface area contributed by atoms with Gasteiger partial charge < -0.3 is 9.64 Å². The third-order valence-electron chi connectivity index (χ3n) is 4.91. The van der Waals surface area contributed by atoms with E-state index in [4.69, 9.17) is 0 Å². The standard InChI is InChI=1S/C19H22F2N6O/c1-13-23-17-16(11-22-25(17)2)18(24-13)27-9-7-26(8-10-27)12-14-3-5-15(6-4-14)28-19(20)21/h3-6,11,19H,7-10,12H2,1-2H3. The quantitative estimate of drug-likeness (QED) is 0.670. The first-order chi connectivity index (χ1) is 13.5. The van der Waals surface area contributed by atoms with Crippen LogP contribution in [0.1, 0.15) is 11.4 Å². The van der Waals surface area contributed by atoms with Gasteiger partial charge in [-0.3, -0.25) is 9.58 Å². The maximum Gasteiger partial charge on any atom is 0.387 e. The van der Waals surface area contributed by atoms with E-state index in [-0.39, 0.29) is 5.75 Å². The van der Waals surface area contributed by atoms with Gasteiger partial charge >= 0.3 is 6.61 Å². The first-order valence-electron chi connectivity index (χ1n) is 9.17. The number of benzene rings is 1. The number of rotatable bonds is 5. The Bertz CT molecular complexity index is 951. The lowest BCUT2D eigenvalue weighted by Gasteiger charge is -2.35. The number of piperazine rings is 1. The second-order valence-electron chi connectivity index (χ2n) is 6.89. The van der Waals surface area contributed by atoms with E-state index in [1.54, 1.807) is 16.8 Å². The second-order valence-corrected chi connectivity index (χ2v) is 6.89. The Balaban J connectivity index is 1.40. The van der Waals surface area contributed by atoms with E-state index in [0.717, 1.165) is 61.0 Å². The van der Waals surface area contributed by atoms with Gasteiger partial charge in [-0.15, -0.1) is 0 Å². The van der Waals surface area contributed by atoms with Crippen LogP contribution in [-0.4, -0.2) is 57.4 Å². The van der Waals surface area contributed by atoms with Gasteiger partial charge in [-0.05, 0) is 24.6 Å². The van der Waals surface area contributed by atoms with Crippen molar-refractivity contribution < 1.29 is 13.5 Å². The number of alkyl halides is 2. The minimum Gasteiger partial charge on any atom is -0.435 e. The Morgan fingerprint density at radius 3 is 2.46 bits per heavy atom. The van der Waals surface area contributed by atoms with Gasteiger partial charge in [-0.25, -0.2) is 9.97 Å². The molecule has 0 unspecified atom stereocenters. The van der Waals surface area contributed by atoms with Crippen LogP contribution < -0.4 is 9.64 Å². The third-order valence-corrected chi connectivity index (χ3v) is 4.91. The first-order valence-corrected chi connectivity index (χ1v) is 9.17. The lowest BCUT2D eigenvalue weighted by molar-refractivity contribution is -0.0498. The normalized spacial score (nSPS) is 15.5. The zero-order valence-corrected chi connectivity index (χ0v) is 15.8. The molecule has 2 aromatic heterocycles. The van der Waals surface area contributed by atoms with Crippen molar-refractivity contribution in [3.05, 3.63) is 41.9 Å².